The summed E-state index contributed by atoms with van der Waals surface area (Å²) in [5.41, 5.74) is 5.10. The Balaban J connectivity index is 2.97. The molecule has 0 unspecified atom stereocenters. The van der Waals surface area contributed by atoms with Gasteiger partial charge in [-0.15, -0.1) is 0 Å². The Kier molecular flexibility index (Phi) is 5.15. The molecule has 0 fully saturated rings. The smallest absolute Gasteiger partial charge is 0.331 e. The number of hydrogen-bond donors (Lipinski definition) is 2. The maximum absolute atomic E-state index is 10.2. The van der Waals surface area contributed by atoms with E-state index in [1.54, 1.807) is 0 Å². The van der Waals surface area contributed by atoms with Gasteiger partial charge in [0.05, 0.1) is 6.61 Å². The Morgan fingerprint density at radius 1 is 1.67 bits per heavy atom. The van der Waals surface area contributed by atoms with Crippen LogP contribution in [0.5, 0.6) is 0 Å². The molecule has 0 heterocycles. The number of hydrogen-bond acceptors (Lipinski definition) is 4. The van der Waals surface area contributed by atoms with Gasteiger partial charge in [-0.05, 0) is 13.0 Å². The van der Waals surface area contributed by atoms with Crippen LogP contribution in [-0.2, 0) is 9.53 Å². The summed E-state index contributed by atoms with van der Waals surface area (Å²) in [6, 6.07) is 0. The summed E-state index contributed by atoms with van der Waals surface area (Å²) in [4.78, 5) is 10.2. The topological polar surface area (TPSA) is 72.5 Å². The molecular weight excluding hydrogens is 122 g/mol. The number of esters is 1. The molecule has 0 aliphatic carbocycles. The van der Waals surface area contributed by atoms with Crippen LogP contribution in [0, 0.1) is 0 Å². The Labute approximate surface area is 53.6 Å². The van der Waals surface area contributed by atoms with E-state index < -0.39 is 12.6 Å². The van der Waals surface area contributed by atoms with E-state index in [1.807, 2.05) is 0 Å². The van der Waals surface area contributed by atoms with Crippen LogP contribution in [0.1, 0.15) is 6.42 Å². The molecule has 0 spiro atoms. The van der Waals surface area contributed by atoms with Gasteiger partial charge in [0.15, 0.2) is 0 Å². The first-order valence-electron chi connectivity index (χ1n) is 2.77. The third-order valence-corrected chi connectivity index (χ3v) is 0.741. The number of rotatable bonds is 4. The second kappa shape index (κ2) is 5.53. The molecule has 3 N–H and O–H groups in total. The molecular formula is C5H11NO3. The van der Waals surface area contributed by atoms with E-state index in [1.165, 1.54) is 0 Å². The van der Waals surface area contributed by atoms with Crippen LogP contribution in [0.3, 0.4) is 0 Å². The quantitative estimate of drug-likeness (QED) is 0.376. The summed E-state index contributed by atoms with van der Waals surface area (Å²) in [5.74, 6) is -0.594. The van der Waals surface area contributed by atoms with Gasteiger partial charge in [-0.2, -0.15) is 0 Å². The van der Waals surface area contributed by atoms with E-state index >= 15 is 0 Å². The highest BCUT2D eigenvalue weighted by molar-refractivity contribution is 5.70. The third kappa shape index (κ3) is 5.26. The maximum Gasteiger partial charge on any atom is 0.331 e. The van der Waals surface area contributed by atoms with Crippen molar-refractivity contribution in [1.29, 1.82) is 0 Å². The monoisotopic (exact) mass is 133 g/mol. The van der Waals surface area contributed by atoms with Crippen LogP contribution < -0.4 is 5.73 Å². The van der Waals surface area contributed by atoms with Gasteiger partial charge in [0, 0.05) is 0 Å². The van der Waals surface area contributed by atoms with Gasteiger partial charge in [0.25, 0.3) is 0 Å². The number of carbonyl (C=O) groups excluding carboxylic acids is 1. The van der Waals surface area contributed by atoms with Crippen molar-refractivity contribution in [2.45, 2.75) is 6.42 Å². The lowest BCUT2D eigenvalue weighted by Gasteiger charge is -1.98. The maximum atomic E-state index is 10.2. The van der Waals surface area contributed by atoms with Crippen molar-refractivity contribution >= 4 is 5.97 Å². The summed E-state index contributed by atoms with van der Waals surface area (Å²) in [5, 5.41) is 8.13. The van der Waals surface area contributed by atoms with Gasteiger partial charge in [-0.3, -0.25) is 0 Å². The molecule has 0 amide bonds. The van der Waals surface area contributed by atoms with Crippen LogP contribution in [0.4, 0.5) is 0 Å². The molecule has 0 aromatic rings. The summed E-state index contributed by atoms with van der Waals surface area (Å²) in [6.07, 6.45) is 0.645. The van der Waals surface area contributed by atoms with E-state index in [4.69, 9.17) is 10.8 Å². The predicted octanol–water partition coefficient (Wildman–Crippen LogP) is -1.13. The highest BCUT2D eigenvalue weighted by Crippen LogP contribution is 1.79. The van der Waals surface area contributed by atoms with Gasteiger partial charge in [0.1, 0.15) is 6.61 Å². The number of nitrogens with two attached hydrogens (primary N) is 1. The zero-order valence-corrected chi connectivity index (χ0v) is 5.17. The number of ether oxygens (including phenoxy) is 1. The van der Waals surface area contributed by atoms with Gasteiger partial charge < -0.3 is 15.6 Å². The molecule has 0 bridgehead atoms. The highest BCUT2D eigenvalue weighted by Gasteiger charge is 1.96. The van der Waals surface area contributed by atoms with Gasteiger partial charge in [-0.25, -0.2) is 4.79 Å². The molecule has 0 atom stereocenters. The lowest BCUT2D eigenvalue weighted by Crippen LogP contribution is -2.12. The molecule has 0 aliphatic rings. The second-order valence-electron chi connectivity index (χ2n) is 1.52. The zero-order chi connectivity index (χ0) is 7.11. The fourth-order valence-electron chi connectivity index (χ4n) is 0.315. The van der Waals surface area contributed by atoms with Crippen molar-refractivity contribution in [1.82, 2.24) is 0 Å². The van der Waals surface area contributed by atoms with Gasteiger partial charge in [0.2, 0.25) is 0 Å². The molecule has 0 aromatic heterocycles. The van der Waals surface area contributed by atoms with E-state index in [2.05, 4.69) is 4.74 Å². The third-order valence-electron chi connectivity index (χ3n) is 0.741. The van der Waals surface area contributed by atoms with E-state index in [0.717, 1.165) is 0 Å². The molecule has 4 nitrogen and oxygen atoms in total. The molecule has 0 saturated carbocycles. The standard InChI is InChI=1S/C5H11NO3/c6-2-1-3-9-5(8)4-7/h7H,1-4,6H2. The Morgan fingerprint density at radius 2 is 2.33 bits per heavy atom. The first kappa shape index (κ1) is 8.39. The fraction of sp³-hybridized carbons (Fsp3) is 0.800. The molecule has 0 aliphatic heterocycles. The molecule has 4 heteroatoms. The van der Waals surface area contributed by atoms with Crippen LogP contribution >= 0.6 is 0 Å². The average Bonchev–Trinajstić information content (AvgIpc) is 1.89. The Bertz CT molecular complexity index is 84.3. The van der Waals surface area contributed by atoms with E-state index in [9.17, 15) is 4.79 Å². The molecule has 54 valence electrons. The normalized spacial score (nSPS) is 9.11. The van der Waals surface area contributed by atoms with Crippen LogP contribution in [0.25, 0.3) is 0 Å². The zero-order valence-electron chi connectivity index (χ0n) is 5.17. The SMILES string of the molecule is NCCCOC(=O)CO. The van der Waals surface area contributed by atoms with Gasteiger partial charge in [-0.1, -0.05) is 0 Å². The summed E-state index contributed by atoms with van der Waals surface area (Å²) in [7, 11) is 0. The average molecular weight is 133 g/mol. The lowest BCUT2D eigenvalue weighted by atomic mass is 10.5. The minimum absolute atomic E-state index is 0.301. The summed E-state index contributed by atoms with van der Waals surface area (Å²) in [6.45, 7) is 0.249. The Morgan fingerprint density at radius 3 is 2.78 bits per heavy atom. The lowest BCUT2D eigenvalue weighted by molar-refractivity contribution is -0.146. The summed E-state index contributed by atoms with van der Waals surface area (Å²) < 4.78 is 4.46. The largest absolute Gasteiger partial charge is 0.464 e. The number of carbonyl (C=O) groups is 1. The number of aliphatic hydroxyl groups is 1. The van der Waals surface area contributed by atoms with Crippen molar-refractivity contribution < 1.29 is 14.6 Å². The van der Waals surface area contributed by atoms with E-state index in [0.29, 0.717) is 19.6 Å². The molecule has 0 saturated heterocycles. The van der Waals surface area contributed by atoms with Crippen molar-refractivity contribution in [3.05, 3.63) is 0 Å². The van der Waals surface area contributed by atoms with Crippen molar-refractivity contribution in [2.75, 3.05) is 19.8 Å². The molecule has 0 aromatic carbocycles. The summed E-state index contributed by atoms with van der Waals surface area (Å²) >= 11 is 0. The van der Waals surface area contributed by atoms with Crippen molar-refractivity contribution in [3.8, 4) is 0 Å². The first-order chi connectivity index (χ1) is 4.31. The van der Waals surface area contributed by atoms with E-state index in [-0.39, 0.29) is 0 Å². The Hall–Kier alpha value is -0.610. The van der Waals surface area contributed by atoms with Crippen molar-refractivity contribution in [2.24, 2.45) is 5.73 Å². The van der Waals surface area contributed by atoms with Gasteiger partial charge >= 0.3 is 5.97 Å². The molecule has 0 rings (SSSR count). The fourth-order valence-corrected chi connectivity index (χ4v) is 0.315. The number of aliphatic hydroxyl groups excluding tert-OH is 1. The molecule has 9 heavy (non-hydrogen) atoms. The highest BCUT2D eigenvalue weighted by atomic mass is 16.5. The van der Waals surface area contributed by atoms with Crippen molar-refractivity contribution in [3.63, 3.8) is 0 Å². The second-order valence-corrected chi connectivity index (χ2v) is 1.52. The molecule has 0 radical (unpaired) electrons. The van der Waals surface area contributed by atoms with Crippen LogP contribution in [-0.4, -0.2) is 30.8 Å². The van der Waals surface area contributed by atoms with Crippen LogP contribution in [0.2, 0.25) is 0 Å². The predicted molar refractivity (Wildman–Crippen MR) is 31.7 cm³/mol. The van der Waals surface area contributed by atoms with Crippen LogP contribution in [0.15, 0.2) is 0 Å². The minimum atomic E-state index is -0.594. The first-order valence-corrected chi connectivity index (χ1v) is 2.77. The minimum Gasteiger partial charge on any atom is -0.464 e.